The summed E-state index contributed by atoms with van der Waals surface area (Å²) in [4.78, 5) is 14.9. The smallest absolute Gasteiger partial charge is 0.240 e. The van der Waals surface area contributed by atoms with Gasteiger partial charge in [-0.1, -0.05) is 78.4 Å². The van der Waals surface area contributed by atoms with Crippen molar-refractivity contribution in [2.75, 3.05) is 24.5 Å². The van der Waals surface area contributed by atoms with Gasteiger partial charge in [0.05, 0.1) is 6.54 Å². The van der Waals surface area contributed by atoms with E-state index in [1.807, 2.05) is 17.0 Å². The molecule has 0 fully saturated rings. The average molecular weight is 385 g/mol. The monoisotopic (exact) mass is 384 g/mol. The second-order valence-electron chi connectivity index (χ2n) is 7.79. The molecule has 3 nitrogen and oxygen atoms in total. The molecule has 0 saturated heterocycles. The first-order chi connectivity index (χ1) is 14.2. The first kappa shape index (κ1) is 19.4. The Labute approximate surface area is 173 Å². The maximum atomic E-state index is 13.0. The molecule has 1 amide bonds. The van der Waals surface area contributed by atoms with Gasteiger partial charge in [0.25, 0.3) is 0 Å². The maximum absolute atomic E-state index is 13.0. The number of aryl methyl sites for hydroxylation is 2. The van der Waals surface area contributed by atoms with Crippen LogP contribution in [-0.2, 0) is 11.2 Å². The summed E-state index contributed by atoms with van der Waals surface area (Å²) in [5.41, 5.74) is 6.15. The molecule has 3 aromatic carbocycles. The largest absolute Gasteiger partial charge is 0.311 e. The van der Waals surface area contributed by atoms with Crippen LogP contribution in [0, 0.1) is 6.92 Å². The van der Waals surface area contributed by atoms with Gasteiger partial charge in [0.1, 0.15) is 0 Å². The number of anilines is 1. The Morgan fingerprint density at radius 1 is 0.966 bits per heavy atom. The number of hydrogen-bond donors (Lipinski definition) is 1. The van der Waals surface area contributed by atoms with E-state index in [1.165, 1.54) is 22.3 Å². The number of benzene rings is 3. The minimum atomic E-state index is 0.148. The van der Waals surface area contributed by atoms with Gasteiger partial charge in [0.2, 0.25) is 5.91 Å². The van der Waals surface area contributed by atoms with Crippen LogP contribution in [-0.4, -0.2) is 25.5 Å². The molecule has 0 aromatic heterocycles. The molecule has 1 aliphatic heterocycles. The highest BCUT2D eigenvalue weighted by molar-refractivity contribution is 5.96. The van der Waals surface area contributed by atoms with E-state index in [9.17, 15) is 4.79 Å². The van der Waals surface area contributed by atoms with E-state index in [2.05, 4.69) is 79.0 Å². The highest BCUT2D eigenvalue weighted by atomic mass is 16.2. The molecule has 3 heteroatoms. The zero-order valence-electron chi connectivity index (χ0n) is 17.0. The molecule has 1 N–H and O–H groups in total. The molecule has 1 heterocycles. The highest BCUT2D eigenvalue weighted by Crippen LogP contribution is 2.28. The highest BCUT2D eigenvalue weighted by Gasteiger charge is 2.22. The molecule has 29 heavy (non-hydrogen) atoms. The van der Waals surface area contributed by atoms with Crippen LogP contribution in [0.3, 0.4) is 0 Å². The van der Waals surface area contributed by atoms with Gasteiger partial charge in [-0.25, -0.2) is 0 Å². The zero-order valence-corrected chi connectivity index (χ0v) is 17.0. The van der Waals surface area contributed by atoms with Gasteiger partial charge >= 0.3 is 0 Å². The SMILES string of the molecule is Cc1ccc2c(c1)CCCN2C(=O)CNCC(c1ccccc1)c1ccccc1. The topological polar surface area (TPSA) is 32.3 Å². The van der Waals surface area contributed by atoms with Crippen LogP contribution >= 0.6 is 0 Å². The molecule has 1 aliphatic rings. The Morgan fingerprint density at radius 2 is 1.62 bits per heavy atom. The molecular formula is C26H28N2O. The Balaban J connectivity index is 1.44. The van der Waals surface area contributed by atoms with E-state index < -0.39 is 0 Å². The van der Waals surface area contributed by atoms with Crippen molar-refractivity contribution < 1.29 is 4.79 Å². The van der Waals surface area contributed by atoms with Crippen molar-refractivity contribution in [2.24, 2.45) is 0 Å². The third-order valence-corrected chi connectivity index (χ3v) is 5.68. The summed E-state index contributed by atoms with van der Waals surface area (Å²) in [6.45, 7) is 3.99. The van der Waals surface area contributed by atoms with Crippen LogP contribution in [0.5, 0.6) is 0 Å². The van der Waals surface area contributed by atoms with E-state index in [4.69, 9.17) is 0 Å². The first-order valence-electron chi connectivity index (χ1n) is 10.4. The molecule has 3 aromatic rings. The van der Waals surface area contributed by atoms with Gasteiger partial charge in [0.15, 0.2) is 0 Å². The molecule has 0 unspecified atom stereocenters. The molecule has 0 bridgehead atoms. The van der Waals surface area contributed by atoms with Crippen molar-refractivity contribution in [3.8, 4) is 0 Å². The van der Waals surface area contributed by atoms with E-state index in [0.717, 1.165) is 31.6 Å². The normalized spacial score (nSPS) is 13.4. The van der Waals surface area contributed by atoms with Gasteiger partial charge in [-0.05, 0) is 42.5 Å². The van der Waals surface area contributed by atoms with Gasteiger partial charge in [-0.2, -0.15) is 0 Å². The lowest BCUT2D eigenvalue weighted by Crippen LogP contribution is -2.42. The number of fused-ring (bicyclic) bond motifs is 1. The predicted molar refractivity (Wildman–Crippen MR) is 119 cm³/mol. The van der Waals surface area contributed by atoms with Crippen LogP contribution < -0.4 is 10.2 Å². The van der Waals surface area contributed by atoms with E-state index in [-0.39, 0.29) is 11.8 Å². The fourth-order valence-electron chi connectivity index (χ4n) is 4.20. The lowest BCUT2D eigenvalue weighted by atomic mass is 9.91. The van der Waals surface area contributed by atoms with E-state index in [1.54, 1.807) is 0 Å². The molecule has 0 saturated carbocycles. The van der Waals surface area contributed by atoms with Crippen LogP contribution in [0.25, 0.3) is 0 Å². The molecule has 148 valence electrons. The summed E-state index contributed by atoms with van der Waals surface area (Å²) < 4.78 is 0. The summed E-state index contributed by atoms with van der Waals surface area (Å²) in [6.07, 6.45) is 2.08. The lowest BCUT2D eigenvalue weighted by Gasteiger charge is -2.30. The second kappa shape index (κ2) is 9.06. The van der Waals surface area contributed by atoms with Crippen molar-refractivity contribution in [3.05, 3.63) is 101 Å². The van der Waals surface area contributed by atoms with Gasteiger partial charge in [-0.15, -0.1) is 0 Å². The fourth-order valence-corrected chi connectivity index (χ4v) is 4.20. The van der Waals surface area contributed by atoms with E-state index >= 15 is 0 Å². The Bertz CT molecular complexity index is 913. The number of rotatable bonds is 6. The second-order valence-corrected chi connectivity index (χ2v) is 7.79. The van der Waals surface area contributed by atoms with Crippen molar-refractivity contribution in [1.29, 1.82) is 0 Å². The van der Waals surface area contributed by atoms with Gasteiger partial charge in [0, 0.05) is 24.7 Å². The third kappa shape index (κ3) is 4.57. The van der Waals surface area contributed by atoms with Crippen molar-refractivity contribution >= 4 is 11.6 Å². The van der Waals surface area contributed by atoms with Crippen LogP contribution in [0.2, 0.25) is 0 Å². The number of nitrogens with one attached hydrogen (secondary N) is 1. The van der Waals surface area contributed by atoms with Crippen molar-refractivity contribution in [3.63, 3.8) is 0 Å². The van der Waals surface area contributed by atoms with Crippen molar-refractivity contribution in [1.82, 2.24) is 5.32 Å². The Kier molecular flexibility index (Phi) is 6.06. The Hall–Kier alpha value is -2.91. The Morgan fingerprint density at radius 3 is 2.28 bits per heavy atom. The number of nitrogens with zero attached hydrogens (tertiary/aromatic N) is 1. The zero-order chi connectivity index (χ0) is 20.1. The molecule has 0 spiro atoms. The molecule has 4 rings (SSSR count). The summed E-state index contributed by atoms with van der Waals surface area (Å²) in [7, 11) is 0. The number of hydrogen-bond acceptors (Lipinski definition) is 2. The summed E-state index contributed by atoms with van der Waals surface area (Å²) in [5.74, 6) is 0.371. The van der Waals surface area contributed by atoms with Crippen LogP contribution in [0.4, 0.5) is 5.69 Å². The minimum absolute atomic E-state index is 0.148. The van der Waals surface area contributed by atoms with Gasteiger partial charge in [-0.3, -0.25) is 4.79 Å². The fraction of sp³-hybridized carbons (Fsp3) is 0.269. The molecular weight excluding hydrogens is 356 g/mol. The third-order valence-electron chi connectivity index (χ3n) is 5.68. The first-order valence-corrected chi connectivity index (χ1v) is 10.4. The number of carbonyl (C=O) groups is 1. The standard InChI is InChI=1S/C26H28N2O/c1-20-14-15-25-23(17-20)13-8-16-28(25)26(29)19-27-18-24(21-9-4-2-5-10-21)22-11-6-3-7-12-22/h2-7,9-12,14-15,17,24,27H,8,13,16,18-19H2,1H3. The minimum Gasteiger partial charge on any atom is -0.311 e. The summed E-state index contributed by atoms with van der Waals surface area (Å²) in [5, 5.41) is 3.43. The molecule has 0 radical (unpaired) electrons. The van der Waals surface area contributed by atoms with Crippen molar-refractivity contribution in [2.45, 2.75) is 25.7 Å². The molecule has 0 atom stereocenters. The number of carbonyl (C=O) groups excluding carboxylic acids is 1. The predicted octanol–water partition coefficient (Wildman–Crippen LogP) is 4.70. The van der Waals surface area contributed by atoms with Crippen LogP contribution in [0.1, 0.15) is 34.6 Å². The quantitative estimate of drug-likeness (QED) is 0.668. The van der Waals surface area contributed by atoms with E-state index in [0.29, 0.717) is 6.54 Å². The summed E-state index contributed by atoms with van der Waals surface area (Å²) >= 11 is 0. The summed E-state index contributed by atoms with van der Waals surface area (Å²) in [6, 6.07) is 27.4. The number of amides is 1. The van der Waals surface area contributed by atoms with Crippen LogP contribution in [0.15, 0.2) is 78.9 Å². The average Bonchev–Trinajstić information content (AvgIpc) is 2.77. The van der Waals surface area contributed by atoms with Gasteiger partial charge < -0.3 is 10.2 Å². The maximum Gasteiger partial charge on any atom is 0.240 e. The molecule has 0 aliphatic carbocycles. The lowest BCUT2D eigenvalue weighted by molar-refractivity contribution is -0.117.